The number of hydrogen-bond donors (Lipinski definition) is 0. The first-order valence-corrected chi connectivity index (χ1v) is 8.71. The molecule has 0 aromatic heterocycles. The molecular formula is C18H34BrNO3. The maximum Gasteiger partial charge on any atom is 0.361 e. The minimum atomic E-state index is -0.125. The Morgan fingerprint density at radius 2 is 1.91 bits per heavy atom. The normalized spacial score (nSPS) is 31.7. The number of carbonyl (C=O) groups is 1. The molecular weight excluding hydrogens is 358 g/mol. The van der Waals surface area contributed by atoms with Crippen LogP contribution < -0.4 is 17.0 Å². The van der Waals surface area contributed by atoms with Gasteiger partial charge in [-0.15, -0.1) is 0 Å². The van der Waals surface area contributed by atoms with E-state index < -0.39 is 0 Å². The van der Waals surface area contributed by atoms with E-state index in [1.807, 2.05) is 6.92 Å². The second kappa shape index (κ2) is 7.40. The lowest BCUT2D eigenvalue weighted by Gasteiger charge is -2.39. The highest BCUT2D eigenvalue weighted by Gasteiger charge is 2.61. The van der Waals surface area contributed by atoms with Crippen molar-refractivity contribution in [3.63, 3.8) is 0 Å². The number of quaternary nitrogens is 1. The van der Waals surface area contributed by atoms with Crippen molar-refractivity contribution >= 4 is 5.97 Å². The first-order valence-electron chi connectivity index (χ1n) is 8.71. The highest BCUT2D eigenvalue weighted by Crippen LogP contribution is 2.66. The van der Waals surface area contributed by atoms with Crippen LogP contribution in [0.5, 0.6) is 0 Å². The number of ether oxygens (including phenoxy) is 2. The number of esters is 1. The Bertz CT molecular complexity index is 424. The quantitative estimate of drug-likeness (QED) is 0.447. The van der Waals surface area contributed by atoms with Crippen LogP contribution in [-0.2, 0) is 14.3 Å². The lowest BCUT2D eigenvalue weighted by Crippen LogP contribution is -3.00. The van der Waals surface area contributed by atoms with Crippen LogP contribution in [0.3, 0.4) is 0 Å². The topological polar surface area (TPSA) is 35.5 Å². The molecule has 0 radical (unpaired) electrons. The molecule has 3 atom stereocenters. The highest BCUT2D eigenvalue weighted by atomic mass is 79.9. The molecule has 0 spiro atoms. The Morgan fingerprint density at radius 3 is 2.39 bits per heavy atom. The monoisotopic (exact) mass is 391 g/mol. The van der Waals surface area contributed by atoms with Crippen LogP contribution in [0.2, 0.25) is 0 Å². The third-order valence-corrected chi connectivity index (χ3v) is 6.59. The molecule has 0 aliphatic heterocycles. The fourth-order valence-corrected chi connectivity index (χ4v) is 4.46. The van der Waals surface area contributed by atoms with Gasteiger partial charge in [-0.3, -0.25) is 0 Å². The molecule has 136 valence electrons. The molecule has 2 rings (SSSR count). The minimum absolute atomic E-state index is 0. The van der Waals surface area contributed by atoms with E-state index >= 15 is 0 Å². The van der Waals surface area contributed by atoms with E-state index in [9.17, 15) is 4.79 Å². The van der Waals surface area contributed by atoms with Crippen LogP contribution in [0.4, 0.5) is 0 Å². The average molecular weight is 392 g/mol. The summed E-state index contributed by atoms with van der Waals surface area (Å²) in [4.78, 5) is 11.6. The highest BCUT2D eigenvalue weighted by molar-refractivity contribution is 5.70. The van der Waals surface area contributed by atoms with E-state index in [0.29, 0.717) is 34.6 Å². The molecule has 2 aliphatic carbocycles. The second-order valence-corrected chi connectivity index (χ2v) is 8.59. The zero-order chi connectivity index (χ0) is 16.6. The van der Waals surface area contributed by atoms with Crippen LogP contribution in [-0.4, -0.2) is 57.0 Å². The van der Waals surface area contributed by atoms with Crippen LogP contribution >= 0.6 is 0 Å². The van der Waals surface area contributed by atoms with Crippen molar-refractivity contribution in [3.8, 4) is 0 Å². The summed E-state index contributed by atoms with van der Waals surface area (Å²) in [6.07, 6.45) is 4.22. The SMILES string of the molecule is CCOC(=O)C[N+](C)(C)CCOC1CC2CCC1(C)C2(C)C.[Br-]. The van der Waals surface area contributed by atoms with E-state index in [-0.39, 0.29) is 23.0 Å². The molecule has 3 unspecified atom stereocenters. The molecule has 2 bridgehead atoms. The van der Waals surface area contributed by atoms with Gasteiger partial charge in [-0.25, -0.2) is 4.79 Å². The molecule has 2 aliphatic rings. The molecule has 0 heterocycles. The number of hydrogen-bond acceptors (Lipinski definition) is 3. The smallest absolute Gasteiger partial charge is 0.361 e. The molecule has 2 fully saturated rings. The summed E-state index contributed by atoms with van der Waals surface area (Å²) >= 11 is 0. The number of nitrogens with zero attached hydrogens (tertiary/aromatic N) is 1. The maximum absolute atomic E-state index is 11.6. The van der Waals surface area contributed by atoms with Gasteiger partial charge in [0.15, 0.2) is 6.54 Å². The summed E-state index contributed by atoms with van der Waals surface area (Å²) in [6.45, 7) is 11.5. The van der Waals surface area contributed by atoms with E-state index in [0.717, 1.165) is 19.1 Å². The van der Waals surface area contributed by atoms with Gasteiger partial charge in [-0.1, -0.05) is 20.8 Å². The van der Waals surface area contributed by atoms with E-state index in [1.54, 1.807) is 0 Å². The van der Waals surface area contributed by atoms with Gasteiger partial charge in [-0.2, -0.15) is 0 Å². The summed E-state index contributed by atoms with van der Waals surface area (Å²) < 4.78 is 12.0. The summed E-state index contributed by atoms with van der Waals surface area (Å²) in [7, 11) is 4.12. The van der Waals surface area contributed by atoms with Crippen molar-refractivity contribution in [2.24, 2.45) is 16.7 Å². The number of halogens is 1. The van der Waals surface area contributed by atoms with Gasteiger partial charge in [-0.05, 0) is 42.9 Å². The number of likely N-dealkylation sites (N-methyl/N-ethyl adjacent to an activating group) is 1. The molecule has 2 saturated carbocycles. The summed E-state index contributed by atoms with van der Waals surface area (Å²) in [6, 6.07) is 0. The number of carbonyl (C=O) groups excluding carboxylic acids is 1. The third kappa shape index (κ3) is 4.10. The predicted octanol–water partition coefficient (Wildman–Crippen LogP) is -0.139. The standard InChI is InChI=1S/C18H34NO3.BrH/c1-7-21-16(20)13-19(5,6)10-11-22-15-12-14-8-9-18(15,4)17(14,2)3;/h14-15H,7-13H2,1-6H3;1H/q+1;/p-1. The van der Waals surface area contributed by atoms with Gasteiger partial charge in [0.25, 0.3) is 0 Å². The van der Waals surface area contributed by atoms with E-state index in [1.165, 1.54) is 19.3 Å². The van der Waals surface area contributed by atoms with Crippen molar-refractivity contribution in [2.45, 2.75) is 53.1 Å². The Morgan fingerprint density at radius 1 is 1.26 bits per heavy atom. The van der Waals surface area contributed by atoms with Gasteiger partial charge >= 0.3 is 5.97 Å². The molecule has 23 heavy (non-hydrogen) atoms. The zero-order valence-corrected chi connectivity index (χ0v) is 17.2. The first kappa shape index (κ1) is 20.9. The van der Waals surface area contributed by atoms with E-state index in [2.05, 4.69) is 34.9 Å². The molecule has 0 amide bonds. The van der Waals surface area contributed by atoms with Gasteiger partial charge in [0, 0.05) is 0 Å². The van der Waals surface area contributed by atoms with Gasteiger partial charge < -0.3 is 30.9 Å². The third-order valence-electron chi connectivity index (χ3n) is 6.59. The first-order chi connectivity index (χ1) is 10.1. The van der Waals surface area contributed by atoms with Crippen LogP contribution in [0.15, 0.2) is 0 Å². The predicted molar refractivity (Wildman–Crippen MR) is 87.4 cm³/mol. The lowest BCUT2D eigenvalue weighted by atomic mass is 9.70. The number of rotatable bonds is 7. The molecule has 0 aromatic rings. The van der Waals surface area contributed by atoms with Crippen molar-refractivity contribution in [1.29, 1.82) is 0 Å². The lowest BCUT2D eigenvalue weighted by molar-refractivity contribution is -0.883. The summed E-state index contributed by atoms with van der Waals surface area (Å²) in [5, 5.41) is 0. The van der Waals surface area contributed by atoms with Crippen LogP contribution in [0.1, 0.15) is 47.0 Å². The molecule has 4 nitrogen and oxygen atoms in total. The maximum atomic E-state index is 11.6. The zero-order valence-electron chi connectivity index (χ0n) is 15.7. The summed E-state index contributed by atoms with van der Waals surface area (Å²) in [5.41, 5.74) is 0.711. The second-order valence-electron chi connectivity index (χ2n) is 8.59. The van der Waals surface area contributed by atoms with E-state index in [4.69, 9.17) is 9.47 Å². The van der Waals surface area contributed by atoms with Crippen molar-refractivity contribution < 1.29 is 35.7 Å². The number of fused-ring (bicyclic) bond motifs is 2. The largest absolute Gasteiger partial charge is 1.00 e. The van der Waals surface area contributed by atoms with Crippen molar-refractivity contribution in [1.82, 2.24) is 0 Å². The molecule has 0 N–H and O–H groups in total. The average Bonchev–Trinajstić information content (AvgIpc) is 2.71. The van der Waals surface area contributed by atoms with Crippen molar-refractivity contribution in [2.75, 3.05) is 40.4 Å². The molecule has 5 heteroatoms. The summed E-state index contributed by atoms with van der Waals surface area (Å²) in [5.74, 6) is 0.685. The van der Waals surface area contributed by atoms with Gasteiger partial charge in [0.05, 0.1) is 33.4 Å². The Labute approximate surface area is 152 Å². The van der Waals surface area contributed by atoms with Crippen LogP contribution in [0, 0.1) is 16.7 Å². The Balaban J connectivity index is 0.00000264. The Kier molecular flexibility index (Phi) is 6.73. The fourth-order valence-electron chi connectivity index (χ4n) is 4.46. The molecule has 0 aromatic carbocycles. The minimum Gasteiger partial charge on any atom is -1.00 e. The van der Waals surface area contributed by atoms with Crippen LogP contribution in [0.25, 0.3) is 0 Å². The van der Waals surface area contributed by atoms with Gasteiger partial charge in [0.2, 0.25) is 0 Å². The molecule has 0 saturated heterocycles. The van der Waals surface area contributed by atoms with Crippen molar-refractivity contribution in [3.05, 3.63) is 0 Å². The fraction of sp³-hybridized carbons (Fsp3) is 0.944. The van der Waals surface area contributed by atoms with Gasteiger partial charge in [0.1, 0.15) is 6.54 Å². The Hall–Kier alpha value is -0.130.